The van der Waals surface area contributed by atoms with Gasteiger partial charge in [-0.15, -0.1) is 0 Å². The molecule has 0 saturated heterocycles. The molecule has 0 fully saturated rings. The summed E-state index contributed by atoms with van der Waals surface area (Å²) in [6.07, 6.45) is 3.33. The van der Waals surface area contributed by atoms with Crippen molar-refractivity contribution in [1.82, 2.24) is 9.97 Å². The fraction of sp³-hybridized carbons (Fsp3) is 0.200. The number of hydrogen-bond acceptors (Lipinski definition) is 3. The molecule has 9 heteroatoms. The van der Waals surface area contributed by atoms with Crippen molar-refractivity contribution >= 4 is 57.4 Å². The van der Waals surface area contributed by atoms with Gasteiger partial charge >= 0.3 is 0 Å². The van der Waals surface area contributed by atoms with Crippen molar-refractivity contribution in [3.63, 3.8) is 0 Å². The number of nitrogens with one attached hydrogen (secondary N) is 1. The number of nitrogens with zero attached hydrogens (tertiary/aromatic N) is 2. The summed E-state index contributed by atoms with van der Waals surface area (Å²) in [6, 6.07) is 11.4. The minimum absolute atomic E-state index is 0.114. The fourth-order valence-corrected chi connectivity index (χ4v) is 3.28. The first-order valence-corrected chi connectivity index (χ1v) is 9.86. The van der Waals surface area contributed by atoms with Crippen molar-refractivity contribution in [2.24, 2.45) is 0 Å². The molecule has 1 aliphatic heterocycles. The quantitative estimate of drug-likeness (QED) is 0.540. The number of carbonyl (C=O) groups is 1. The van der Waals surface area contributed by atoms with Gasteiger partial charge in [-0.3, -0.25) is 9.69 Å². The van der Waals surface area contributed by atoms with Gasteiger partial charge < -0.3 is 9.72 Å². The second kappa shape index (κ2) is 7.95. The molecule has 0 bridgehead atoms. The van der Waals surface area contributed by atoms with E-state index < -0.39 is 3.79 Å². The van der Waals surface area contributed by atoms with Crippen LogP contribution >= 0.6 is 34.8 Å². The number of alkyl halides is 3. The van der Waals surface area contributed by atoms with Gasteiger partial charge in [-0.25, -0.2) is 9.37 Å². The third kappa shape index (κ3) is 4.56. The third-order valence-corrected chi connectivity index (χ3v) is 5.02. The molecule has 0 radical (unpaired) electrons. The zero-order chi connectivity index (χ0) is 20.6. The number of benzene rings is 2. The highest BCUT2D eigenvalue weighted by atomic mass is 35.6. The Morgan fingerprint density at radius 2 is 1.97 bits per heavy atom. The fourth-order valence-electron chi connectivity index (χ4n) is 3.01. The second-order valence-corrected chi connectivity index (χ2v) is 8.85. The summed E-state index contributed by atoms with van der Waals surface area (Å²) in [7, 11) is 0. The summed E-state index contributed by atoms with van der Waals surface area (Å²) in [6.45, 7) is 0.294. The monoisotopic (exact) mass is 453 g/mol. The number of aromatic nitrogens is 2. The summed E-state index contributed by atoms with van der Waals surface area (Å²) in [5.41, 5.74) is 2.78. The van der Waals surface area contributed by atoms with Crippen LogP contribution in [0.3, 0.4) is 0 Å². The van der Waals surface area contributed by atoms with E-state index in [-0.39, 0.29) is 30.1 Å². The minimum atomic E-state index is -1.66. The maximum Gasteiger partial charge on any atom is 0.248 e. The zero-order valence-electron chi connectivity index (χ0n) is 14.9. The van der Waals surface area contributed by atoms with E-state index in [0.29, 0.717) is 23.3 Å². The normalized spacial score (nSPS) is 17.3. The zero-order valence-corrected chi connectivity index (χ0v) is 17.2. The van der Waals surface area contributed by atoms with Gasteiger partial charge in [0.1, 0.15) is 5.82 Å². The van der Waals surface area contributed by atoms with Crippen LogP contribution in [-0.4, -0.2) is 22.0 Å². The third-order valence-electron chi connectivity index (χ3n) is 4.48. The van der Waals surface area contributed by atoms with Crippen LogP contribution in [0.4, 0.5) is 10.1 Å². The lowest BCUT2D eigenvalue weighted by Crippen LogP contribution is -2.33. The molecule has 150 valence electrons. The number of H-pyrrole nitrogens is 1. The Labute approximate surface area is 181 Å². The summed E-state index contributed by atoms with van der Waals surface area (Å²) < 4.78 is 17.1. The van der Waals surface area contributed by atoms with Gasteiger partial charge in [0.05, 0.1) is 35.9 Å². The van der Waals surface area contributed by atoms with E-state index in [0.717, 1.165) is 5.56 Å². The largest absolute Gasteiger partial charge is 0.369 e. The highest BCUT2D eigenvalue weighted by molar-refractivity contribution is 6.66. The lowest BCUT2D eigenvalue weighted by atomic mass is 10.1. The molecule has 1 N–H and O–H groups in total. The number of fused-ring (bicyclic) bond motifs is 1. The number of carbonyl (C=O) groups excluding carboxylic acids is 1. The van der Waals surface area contributed by atoms with Crippen LogP contribution < -0.4 is 4.90 Å². The van der Waals surface area contributed by atoms with E-state index in [2.05, 4.69) is 9.97 Å². The van der Waals surface area contributed by atoms with Gasteiger partial charge in [0, 0.05) is 6.20 Å². The highest BCUT2D eigenvalue weighted by Crippen LogP contribution is 2.37. The molecule has 1 aromatic heterocycles. The molecule has 0 saturated carbocycles. The first-order chi connectivity index (χ1) is 13.8. The van der Waals surface area contributed by atoms with Crippen LogP contribution in [0.25, 0.3) is 11.0 Å². The number of anilines is 1. The van der Waals surface area contributed by atoms with E-state index in [1.807, 2.05) is 6.08 Å². The first kappa shape index (κ1) is 20.2. The molecule has 1 aliphatic rings. The van der Waals surface area contributed by atoms with E-state index >= 15 is 0 Å². The summed E-state index contributed by atoms with van der Waals surface area (Å²) in [4.78, 5) is 21.4. The Balaban J connectivity index is 1.47. The molecule has 5 nitrogen and oxygen atoms in total. The number of halogens is 4. The topological polar surface area (TPSA) is 58.2 Å². The lowest BCUT2D eigenvalue weighted by Gasteiger charge is -2.26. The number of imidazole rings is 1. The molecule has 1 amide bonds. The lowest BCUT2D eigenvalue weighted by molar-refractivity contribution is -0.120. The SMILES string of the molecule is O=C1CC(OCc2ccc(F)cc2)C=CN1c1ccc2nc(C(Cl)(Cl)Cl)[nH]c2c1. The highest BCUT2D eigenvalue weighted by Gasteiger charge is 2.28. The van der Waals surface area contributed by atoms with Crippen LogP contribution in [0.1, 0.15) is 17.8 Å². The number of ether oxygens (including phenoxy) is 1. The summed E-state index contributed by atoms with van der Waals surface area (Å²) in [5, 5.41) is 0. The molecule has 2 heterocycles. The van der Waals surface area contributed by atoms with Crippen molar-refractivity contribution in [1.29, 1.82) is 0 Å². The predicted octanol–water partition coefficient (Wildman–Crippen LogP) is 5.36. The molecule has 0 aliphatic carbocycles. The van der Waals surface area contributed by atoms with E-state index in [9.17, 15) is 9.18 Å². The Morgan fingerprint density at radius 1 is 1.21 bits per heavy atom. The van der Waals surface area contributed by atoms with Crippen molar-refractivity contribution in [2.45, 2.75) is 22.9 Å². The van der Waals surface area contributed by atoms with Gasteiger partial charge in [-0.2, -0.15) is 0 Å². The standard InChI is InChI=1S/C20H15Cl3FN3O2/c21-20(22,23)19-25-16-6-5-14(9-17(16)26-19)27-8-7-15(10-18(27)28)29-11-12-1-3-13(24)4-2-12/h1-9,15H,10-11H2,(H,25,26). The predicted molar refractivity (Wildman–Crippen MR) is 112 cm³/mol. The number of aromatic amines is 1. The van der Waals surface area contributed by atoms with E-state index in [1.165, 1.54) is 17.0 Å². The molecule has 1 atom stereocenters. The van der Waals surface area contributed by atoms with Gasteiger partial charge in [0.25, 0.3) is 0 Å². The molecule has 1 unspecified atom stereocenters. The Hall–Kier alpha value is -2.12. The van der Waals surface area contributed by atoms with Crippen molar-refractivity contribution in [2.75, 3.05) is 4.90 Å². The van der Waals surface area contributed by atoms with Crippen LogP contribution in [0.5, 0.6) is 0 Å². The van der Waals surface area contributed by atoms with Gasteiger partial charge in [0.15, 0.2) is 5.82 Å². The van der Waals surface area contributed by atoms with Crippen LogP contribution in [0.2, 0.25) is 0 Å². The summed E-state index contributed by atoms with van der Waals surface area (Å²) >= 11 is 17.6. The Morgan fingerprint density at radius 3 is 2.66 bits per heavy atom. The van der Waals surface area contributed by atoms with Crippen LogP contribution in [0.15, 0.2) is 54.7 Å². The molecule has 2 aromatic carbocycles. The van der Waals surface area contributed by atoms with Gasteiger partial charge in [-0.1, -0.05) is 46.9 Å². The maximum atomic E-state index is 13.0. The van der Waals surface area contributed by atoms with Crippen LogP contribution in [-0.2, 0) is 19.9 Å². The average Bonchev–Trinajstić information content (AvgIpc) is 3.11. The minimum Gasteiger partial charge on any atom is -0.369 e. The second-order valence-electron chi connectivity index (χ2n) is 6.57. The van der Waals surface area contributed by atoms with Crippen molar-refractivity contribution in [3.05, 3.63) is 71.9 Å². The smallest absolute Gasteiger partial charge is 0.248 e. The molecular weight excluding hydrogens is 440 g/mol. The van der Waals surface area contributed by atoms with Gasteiger partial charge in [0.2, 0.25) is 9.70 Å². The molecule has 3 aromatic rings. The Kier molecular flexibility index (Phi) is 5.53. The van der Waals surface area contributed by atoms with Gasteiger partial charge in [-0.05, 0) is 42.0 Å². The Bertz CT molecular complexity index is 1080. The van der Waals surface area contributed by atoms with E-state index in [1.54, 1.807) is 36.5 Å². The van der Waals surface area contributed by atoms with E-state index in [4.69, 9.17) is 39.5 Å². The number of amides is 1. The molecule has 0 spiro atoms. The summed E-state index contributed by atoms with van der Waals surface area (Å²) in [5.74, 6) is -0.200. The van der Waals surface area contributed by atoms with Crippen molar-refractivity contribution in [3.8, 4) is 0 Å². The number of hydrogen-bond donors (Lipinski definition) is 1. The average molecular weight is 455 g/mol. The maximum absolute atomic E-state index is 13.0. The number of rotatable bonds is 4. The van der Waals surface area contributed by atoms with Crippen LogP contribution in [0, 0.1) is 5.82 Å². The molecular formula is C20H15Cl3FN3O2. The molecule has 4 rings (SSSR count). The first-order valence-electron chi connectivity index (χ1n) is 8.73. The van der Waals surface area contributed by atoms with Crippen molar-refractivity contribution < 1.29 is 13.9 Å². The molecule has 29 heavy (non-hydrogen) atoms.